The second-order valence-electron chi connectivity index (χ2n) is 6.84. The van der Waals surface area contributed by atoms with Gasteiger partial charge in [-0.3, -0.25) is 4.79 Å². The van der Waals surface area contributed by atoms with Crippen molar-refractivity contribution in [3.8, 4) is 5.75 Å². The Hall–Kier alpha value is -1.56. The van der Waals surface area contributed by atoms with Gasteiger partial charge in [0.05, 0.1) is 23.7 Å². The van der Waals surface area contributed by atoms with Crippen LogP contribution in [0, 0.1) is 11.8 Å². The molecule has 0 amide bonds. The lowest BCUT2D eigenvalue weighted by molar-refractivity contribution is -0.160. The van der Waals surface area contributed by atoms with Gasteiger partial charge in [0.2, 0.25) is 0 Å². The van der Waals surface area contributed by atoms with E-state index < -0.39 is 27.3 Å². The van der Waals surface area contributed by atoms with Crippen LogP contribution >= 0.6 is 0 Å². The fraction of sp³-hybridized carbons (Fsp3) is 0.588. The molecule has 0 aliphatic carbocycles. The van der Waals surface area contributed by atoms with E-state index in [-0.39, 0.29) is 16.6 Å². The quantitative estimate of drug-likeness (QED) is 0.743. The van der Waals surface area contributed by atoms with Gasteiger partial charge in [-0.1, -0.05) is 13.8 Å². The molecule has 130 valence electrons. The van der Waals surface area contributed by atoms with Crippen molar-refractivity contribution in [3.63, 3.8) is 0 Å². The van der Waals surface area contributed by atoms with Crippen molar-refractivity contribution < 1.29 is 22.7 Å². The summed E-state index contributed by atoms with van der Waals surface area (Å²) in [6, 6.07) is 6.15. The minimum Gasteiger partial charge on any atom is -0.497 e. The lowest BCUT2D eigenvalue weighted by Crippen LogP contribution is -2.35. The van der Waals surface area contributed by atoms with Gasteiger partial charge in [-0.15, -0.1) is 0 Å². The summed E-state index contributed by atoms with van der Waals surface area (Å²) in [5.41, 5.74) is -0.645. The summed E-state index contributed by atoms with van der Waals surface area (Å²) in [6.07, 6.45) is 0. The highest BCUT2D eigenvalue weighted by Crippen LogP contribution is 2.24. The van der Waals surface area contributed by atoms with Gasteiger partial charge in [0, 0.05) is 0 Å². The number of methoxy groups -OCH3 is 1. The Labute approximate surface area is 138 Å². The first-order valence-electron chi connectivity index (χ1n) is 7.56. The molecule has 5 nitrogen and oxygen atoms in total. The number of ether oxygens (including phenoxy) is 2. The molecule has 0 spiro atoms. The largest absolute Gasteiger partial charge is 0.497 e. The lowest BCUT2D eigenvalue weighted by atomic mass is 9.98. The molecule has 0 unspecified atom stereocenters. The van der Waals surface area contributed by atoms with E-state index in [1.807, 2.05) is 13.8 Å². The predicted molar refractivity (Wildman–Crippen MR) is 89.2 cm³/mol. The maximum atomic E-state index is 12.6. The Balaban J connectivity index is 3.00. The fourth-order valence-corrected chi connectivity index (χ4v) is 3.76. The van der Waals surface area contributed by atoms with Crippen molar-refractivity contribution in [3.05, 3.63) is 24.3 Å². The molecule has 0 bridgehead atoms. The molecule has 0 N–H and O–H groups in total. The summed E-state index contributed by atoms with van der Waals surface area (Å²) in [7, 11) is -2.07. The van der Waals surface area contributed by atoms with Crippen LogP contribution in [-0.4, -0.2) is 32.9 Å². The third-order valence-corrected chi connectivity index (χ3v) is 5.12. The van der Waals surface area contributed by atoms with Crippen LogP contribution in [0.25, 0.3) is 0 Å². The van der Waals surface area contributed by atoms with E-state index in [0.717, 1.165) is 0 Å². The minimum absolute atomic E-state index is 0.141. The number of sulfone groups is 1. The maximum Gasteiger partial charge on any atom is 0.310 e. The van der Waals surface area contributed by atoms with E-state index in [2.05, 4.69) is 0 Å². The molecule has 0 saturated heterocycles. The van der Waals surface area contributed by atoms with Gasteiger partial charge in [-0.2, -0.15) is 0 Å². The SMILES string of the molecule is COc1ccc(S(=O)(=O)C[C@@H](C(=O)OC(C)(C)C)C(C)C)cc1. The number of carbonyl (C=O) groups is 1. The van der Waals surface area contributed by atoms with Crippen LogP contribution in [0.4, 0.5) is 0 Å². The van der Waals surface area contributed by atoms with E-state index in [0.29, 0.717) is 5.75 Å². The highest BCUT2D eigenvalue weighted by atomic mass is 32.2. The van der Waals surface area contributed by atoms with Crippen LogP contribution in [0.2, 0.25) is 0 Å². The van der Waals surface area contributed by atoms with Crippen molar-refractivity contribution in [2.45, 2.75) is 45.1 Å². The Kier molecular flexibility index (Phi) is 6.22. The summed E-state index contributed by atoms with van der Waals surface area (Å²) in [4.78, 5) is 12.5. The van der Waals surface area contributed by atoms with Crippen LogP contribution < -0.4 is 4.74 Å². The van der Waals surface area contributed by atoms with Gasteiger partial charge in [-0.05, 0) is 51.0 Å². The van der Waals surface area contributed by atoms with Crippen molar-refractivity contribution in [1.29, 1.82) is 0 Å². The van der Waals surface area contributed by atoms with Crippen molar-refractivity contribution >= 4 is 15.8 Å². The Morgan fingerprint density at radius 2 is 1.65 bits per heavy atom. The topological polar surface area (TPSA) is 69.7 Å². The molecule has 0 radical (unpaired) electrons. The third-order valence-electron chi connectivity index (χ3n) is 3.33. The number of carbonyl (C=O) groups excluding carboxylic acids is 1. The summed E-state index contributed by atoms with van der Waals surface area (Å²) in [5.74, 6) is -1.02. The lowest BCUT2D eigenvalue weighted by Gasteiger charge is -2.25. The zero-order valence-corrected chi connectivity index (χ0v) is 15.4. The molecule has 6 heteroatoms. The zero-order chi connectivity index (χ0) is 17.8. The van der Waals surface area contributed by atoms with E-state index in [1.165, 1.54) is 19.2 Å². The Bertz CT molecular complexity index is 624. The fourth-order valence-electron chi connectivity index (χ4n) is 2.03. The first-order chi connectivity index (χ1) is 10.5. The standard InChI is InChI=1S/C17H26O5S/c1-12(2)15(16(18)22-17(3,4)5)11-23(19,20)14-9-7-13(21-6)8-10-14/h7-10,12,15H,11H2,1-6H3/t15-/m1/s1. The normalized spacial score (nSPS) is 13.7. The van der Waals surface area contributed by atoms with E-state index in [4.69, 9.17) is 9.47 Å². The van der Waals surface area contributed by atoms with Gasteiger partial charge in [0.1, 0.15) is 11.4 Å². The maximum absolute atomic E-state index is 12.6. The molecule has 0 aliphatic heterocycles. The first kappa shape index (κ1) is 19.5. The van der Waals surface area contributed by atoms with E-state index >= 15 is 0 Å². The van der Waals surface area contributed by atoms with Gasteiger partial charge < -0.3 is 9.47 Å². The highest BCUT2D eigenvalue weighted by Gasteiger charge is 2.32. The molecule has 0 aliphatic rings. The molecule has 23 heavy (non-hydrogen) atoms. The minimum atomic E-state index is -3.59. The highest BCUT2D eigenvalue weighted by molar-refractivity contribution is 7.91. The van der Waals surface area contributed by atoms with Crippen LogP contribution in [0.5, 0.6) is 5.75 Å². The molecule has 1 aromatic rings. The van der Waals surface area contributed by atoms with Crippen LogP contribution in [0.1, 0.15) is 34.6 Å². The molecule has 0 fully saturated rings. The summed E-state index contributed by atoms with van der Waals surface area (Å²) >= 11 is 0. The third kappa shape index (κ3) is 5.86. The molecular weight excluding hydrogens is 316 g/mol. The van der Waals surface area contributed by atoms with Gasteiger partial charge >= 0.3 is 5.97 Å². The smallest absolute Gasteiger partial charge is 0.310 e. The van der Waals surface area contributed by atoms with Crippen LogP contribution in [-0.2, 0) is 19.4 Å². The predicted octanol–water partition coefficient (Wildman–Crippen LogP) is 3.08. The van der Waals surface area contributed by atoms with E-state index in [9.17, 15) is 13.2 Å². The molecule has 0 aromatic heterocycles. The molecule has 1 rings (SSSR count). The second-order valence-corrected chi connectivity index (χ2v) is 8.88. The number of hydrogen-bond donors (Lipinski definition) is 0. The Morgan fingerprint density at radius 3 is 2.04 bits per heavy atom. The number of hydrogen-bond acceptors (Lipinski definition) is 5. The summed E-state index contributed by atoms with van der Waals surface area (Å²) in [6.45, 7) is 8.93. The monoisotopic (exact) mass is 342 g/mol. The average molecular weight is 342 g/mol. The van der Waals surface area contributed by atoms with Gasteiger partial charge in [0.15, 0.2) is 9.84 Å². The van der Waals surface area contributed by atoms with Crippen molar-refractivity contribution in [2.24, 2.45) is 11.8 Å². The molecular formula is C17H26O5S. The van der Waals surface area contributed by atoms with Crippen molar-refractivity contribution in [2.75, 3.05) is 12.9 Å². The second kappa shape index (κ2) is 7.34. The van der Waals surface area contributed by atoms with Crippen LogP contribution in [0.15, 0.2) is 29.2 Å². The summed E-state index contributed by atoms with van der Waals surface area (Å²) < 4.78 is 35.5. The van der Waals surface area contributed by atoms with Gasteiger partial charge in [-0.25, -0.2) is 8.42 Å². The first-order valence-corrected chi connectivity index (χ1v) is 9.21. The van der Waals surface area contributed by atoms with E-state index in [1.54, 1.807) is 32.9 Å². The number of esters is 1. The average Bonchev–Trinajstić information content (AvgIpc) is 2.42. The molecule has 1 atom stereocenters. The van der Waals surface area contributed by atoms with Crippen LogP contribution in [0.3, 0.4) is 0 Å². The number of benzene rings is 1. The Morgan fingerprint density at radius 1 is 1.13 bits per heavy atom. The van der Waals surface area contributed by atoms with Crippen molar-refractivity contribution in [1.82, 2.24) is 0 Å². The number of rotatable bonds is 6. The molecule has 1 aromatic carbocycles. The van der Waals surface area contributed by atoms with Gasteiger partial charge in [0.25, 0.3) is 0 Å². The molecule has 0 heterocycles. The molecule has 0 saturated carbocycles. The zero-order valence-electron chi connectivity index (χ0n) is 14.6. The summed E-state index contributed by atoms with van der Waals surface area (Å²) in [5, 5.41) is 0.